The van der Waals surface area contributed by atoms with E-state index >= 15 is 0 Å². The van der Waals surface area contributed by atoms with Gasteiger partial charge in [-0.25, -0.2) is 9.59 Å². The van der Waals surface area contributed by atoms with Crippen LogP contribution in [0.15, 0.2) is 60.7 Å². The quantitative estimate of drug-likeness (QED) is 0.445. The van der Waals surface area contributed by atoms with Gasteiger partial charge in [0.05, 0.1) is 0 Å². The van der Waals surface area contributed by atoms with Crippen LogP contribution in [-0.2, 0) is 14.3 Å². The van der Waals surface area contributed by atoms with Gasteiger partial charge in [0, 0.05) is 31.0 Å². The Hall–Kier alpha value is -3.61. The molecule has 1 aliphatic rings. The van der Waals surface area contributed by atoms with E-state index in [2.05, 4.69) is 34.9 Å². The Morgan fingerprint density at radius 1 is 1.06 bits per heavy atom. The number of hydrogen-bond donors (Lipinski definition) is 3. The van der Waals surface area contributed by atoms with Crippen molar-refractivity contribution in [1.82, 2.24) is 10.6 Å². The summed E-state index contributed by atoms with van der Waals surface area (Å²) in [5, 5.41) is 14.1. The number of hydrogen-bond acceptors (Lipinski definition) is 4. The molecule has 0 aromatic heterocycles. The zero-order chi connectivity index (χ0) is 23.6. The highest BCUT2D eigenvalue weighted by Crippen LogP contribution is 2.44. The molecule has 174 valence electrons. The first kappa shape index (κ1) is 24.0. The van der Waals surface area contributed by atoms with Crippen LogP contribution < -0.4 is 10.6 Å². The summed E-state index contributed by atoms with van der Waals surface area (Å²) in [7, 11) is 0. The highest BCUT2D eigenvalue weighted by atomic mass is 16.5. The van der Waals surface area contributed by atoms with Gasteiger partial charge in [0.25, 0.3) is 0 Å². The van der Waals surface area contributed by atoms with Crippen molar-refractivity contribution < 1.29 is 24.2 Å². The molecule has 1 aliphatic carbocycles. The molecule has 0 aliphatic heterocycles. The van der Waals surface area contributed by atoms with E-state index in [-0.39, 0.29) is 37.4 Å². The van der Waals surface area contributed by atoms with Crippen LogP contribution in [0.5, 0.6) is 0 Å². The first-order chi connectivity index (χ1) is 16.0. The molecule has 0 saturated carbocycles. The smallest absolute Gasteiger partial charge is 0.407 e. The zero-order valence-corrected chi connectivity index (χ0v) is 18.8. The molecule has 7 heteroatoms. The molecule has 0 radical (unpaired) electrons. The molecule has 7 nitrogen and oxygen atoms in total. The third-order valence-electron chi connectivity index (χ3n) is 5.68. The number of carboxylic acids is 1. The van der Waals surface area contributed by atoms with E-state index in [1.807, 2.05) is 31.2 Å². The summed E-state index contributed by atoms with van der Waals surface area (Å²) in [4.78, 5) is 35.3. The van der Waals surface area contributed by atoms with Gasteiger partial charge in [0.15, 0.2) is 0 Å². The van der Waals surface area contributed by atoms with Crippen LogP contribution in [0.2, 0.25) is 0 Å². The third-order valence-corrected chi connectivity index (χ3v) is 5.68. The van der Waals surface area contributed by atoms with Gasteiger partial charge in [0.2, 0.25) is 5.91 Å². The molecule has 2 aromatic carbocycles. The summed E-state index contributed by atoms with van der Waals surface area (Å²) in [6.07, 6.45) is 4.34. The van der Waals surface area contributed by atoms with Crippen LogP contribution in [0.1, 0.15) is 49.7 Å². The fraction of sp³-hybridized carbons (Fsp3) is 0.346. The second kappa shape index (κ2) is 11.9. The Balaban J connectivity index is 1.56. The number of carbonyl (C=O) groups excluding carboxylic acids is 2. The Bertz CT molecular complexity index is 972. The van der Waals surface area contributed by atoms with Crippen molar-refractivity contribution in [2.45, 2.75) is 44.6 Å². The molecule has 0 fully saturated rings. The van der Waals surface area contributed by atoms with E-state index in [4.69, 9.17) is 9.84 Å². The monoisotopic (exact) mass is 450 g/mol. The minimum Gasteiger partial charge on any atom is -0.478 e. The fourth-order valence-electron chi connectivity index (χ4n) is 4.11. The van der Waals surface area contributed by atoms with Gasteiger partial charge in [-0.2, -0.15) is 0 Å². The Morgan fingerprint density at radius 2 is 1.70 bits per heavy atom. The van der Waals surface area contributed by atoms with E-state index in [0.717, 1.165) is 41.2 Å². The van der Waals surface area contributed by atoms with E-state index in [0.29, 0.717) is 6.42 Å². The van der Waals surface area contributed by atoms with Gasteiger partial charge in [-0.3, -0.25) is 4.79 Å². The molecule has 2 aromatic rings. The molecule has 0 heterocycles. The molecular weight excluding hydrogens is 420 g/mol. The number of carboxylic acid groups (broad SMARTS) is 1. The first-order valence-corrected chi connectivity index (χ1v) is 11.3. The minimum atomic E-state index is -1.07. The number of rotatable bonds is 11. The van der Waals surface area contributed by atoms with E-state index in [9.17, 15) is 14.4 Å². The van der Waals surface area contributed by atoms with Crippen molar-refractivity contribution in [2.75, 3.05) is 13.2 Å². The number of ether oxygens (including phenoxy) is 1. The van der Waals surface area contributed by atoms with Crippen molar-refractivity contribution in [1.29, 1.82) is 0 Å². The van der Waals surface area contributed by atoms with Crippen molar-refractivity contribution in [2.24, 2.45) is 0 Å². The third kappa shape index (κ3) is 6.68. The Kier molecular flexibility index (Phi) is 8.63. The maximum Gasteiger partial charge on any atom is 0.407 e. The van der Waals surface area contributed by atoms with Crippen LogP contribution in [0, 0.1) is 0 Å². The molecule has 1 atom stereocenters. The van der Waals surface area contributed by atoms with Crippen molar-refractivity contribution >= 4 is 18.0 Å². The number of unbranched alkanes of at least 4 members (excludes halogenated alkanes) is 1. The van der Waals surface area contributed by atoms with Crippen molar-refractivity contribution in [3.63, 3.8) is 0 Å². The second-order valence-electron chi connectivity index (χ2n) is 8.06. The lowest BCUT2D eigenvalue weighted by atomic mass is 9.98. The summed E-state index contributed by atoms with van der Waals surface area (Å²) in [6, 6.07) is 15.9. The van der Waals surface area contributed by atoms with Crippen LogP contribution in [-0.4, -0.2) is 42.3 Å². The number of aliphatic carboxylic acids is 1. The summed E-state index contributed by atoms with van der Waals surface area (Å²) in [5.74, 6) is -1.35. The normalized spacial score (nSPS) is 13.2. The molecule has 0 spiro atoms. The van der Waals surface area contributed by atoms with Crippen LogP contribution in [0.4, 0.5) is 4.79 Å². The molecule has 3 rings (SSSR count). The van der Waals surface area contributed by atoms with Gasteiger partial charge in [0.1, 0.15) is 6.61 Å². The lowest BCUT2D eigenvalue weighted by molar-refractivity contribution is -0.131. The SMILES string of the molecule is CCCC[C@H](CC(=O)NC/C=C/C(=O)O)NC(=O)OCC1c2ccccc2-c2ccccc21. The van der Waals surface area contributed by atoms with Gasteiger partial charge in [-0.05, 0) is 28.7 Å². The highest BCUT2D eigenvalue weighted by molar-refractivity contribution is 5.81. The van der Waals surface area contributed by atoms with Gasteiger partial charge in [-0.15, -0.1) is 0 Å². The van der Waals surface area contributed by atoms with Crippen LogP contribution in [0.25, 0.3) is 11.1 Å². The lowest BCUT2D eigenvalue weighted by Crippen LogP contribution is -2.40. The van der Waals surface area contributed by atoms with Crippen molar-refractivity contribution in [3.05, 3.63) is 71.8 Å². The van der Waals surface area contributed by atoms with Crippen molar-refractivity contribution in [3.8, 4) is 11.1 Å². The van der Waals surface area contributed by atoms with Gasteiger partial charge in [-0.1, -0.05) is 74.4 Å². The number of fused-ring (bicyclic) bond motifs is 3. The molecule has 3 N–H and O–H groups in total. The van der Waals surface area contributed by atoms with Gasteiger partial charge >= 0.3 is 12.1 Å². The molecule has 0 unspecified atom stereocenters. The molecule has 0 bridgehead atoms. The summed E-state index contributed by atoms with van der Waals surface area (Å²) >= 11 is 0. The Morgan fingerprint density at radius 3 is 2.30 bits per heavy atom. The number of benzene rings is 2. The zero-order valence-electron chi connectivity index (χ0n) is 18.8. The molecular formula is C26H30N2O5. The number of alkyl carbamates (subject to hydrolysis) is 1. The predicted molar refractivity (Wildman–Crippen MR) is 126 cm³/mol. The predicted octanol–water partition coefficient (Wildman–Crippen LogP) is 4.23. The van der Waals surface area contributed by atoms with E-state index < -0.39 is 12.1 Å². The first-order valence-electron chi connectivity index (χ1n) is 11.3. The lowest BCUT2D eigenvalue weighted by Gasteiger charge is -2.19. The van der Waals surface area contributed by atoms with Crippen LogP contribution in [0.3, 0.4) is 0 Å². The minimum absolute atomic E-state index is 0.0263. The summed E-state index contributed by atoms with van der Waals surface area (Å²) in [5.41, 5.74) is 4.61. The maximum atomic E-state index is 12.6. The molecule has 2 amide bonds. The topological polar surface area (TPSA) is 105 Å². The average Bonchev–Trinajstić information content (AvgIpc) is 3.12. The summed E-state index contributed by atoms with van der Waals surface area (Å²) in [6.45, 7) is 2.38. The maximum absolute atomic E-state index is 12.6. The molecule has 33 heavy (non-hydrogen) atoms. The van der Waals surface area contributed by atoms with Gasteiger partial charge < -0.3 is 20.5 Å². The number of nitrogens with one attached hydrogen (secondary N) is 2. The van der Waals surface area contributed by atoms with E-state index in [1.54, 1.807) is 0 Å². The number of carbonyl (C=O) groups is 3. The largest absolute Gasteiger partial charge is 0.478 e. The van der Waals surface area contributed by atoms with Crippen LogP contribution >= 0.6 is 0 Å². The van der Waals surface area contributed by atoms with E-state index in [1.165, 1.54) is 6.08 Å². The average molecular weight is 451 g/mol. The molecule has 0 saturated heterocycles. The Labute approximate surface area is 193 Å². The highest BCUT2D eigenvalue weighted by Gasteiger charge is 2.29. The summed E-state index contributed by atoms with van der Waals surface area (Å²) < 4.78 is 5.60. The second-order valence-corrected chi connectivity index (χ2v) is 8.06. The standard InChI is InChI=1S/C26H30N2O5/c1-2-3-9-18(16-24(29)27-15-8-14-25(30)31)28-26(32)33-17-23-21-12-6-4-10-19(21)20-11-5-7-13-22(20)23/h4-8,10-14,18,23H,2-3,9,15-17H2,1H3,(H,27,29)(H,28,32)(H,30,31)/b14-8+/t18-/m1/s1. The number of amides is 2. The fourth-order valence-corrected chi connectivity index (χ4v) is 4.11.